The van der Waals surface area contributed by atoms with Crippen LogP contribution in [-0.2, 0) is 18.8 Å². The van der Waals surface area contributed by atoms with E-state index in [0.717, 1.165) is 53.5 Å². The van der Waals surface area contributed by atoms with Gasteiger partial charge >= 0.3 is 11.8 Å². The van der Waals surface area contributed by atoms with Crippen molar-refractivity contribution < 1.29 is 9.53 Å². The highest BCUT2D eigenvalue weighted by Crippen LogP contribution is 2.33. The lowest BCUT2D eigenvalue weighted by atomic mass is 10.1. The zero-order chi connectivity index (χ0) is 23.8. The van der Waals surface area contributed by atoms with Gasteiger partial charge in [0.15, 0.2) is 0 Å². The summed E-state index contributed by atoms with van der Waals surface area (Å²) in [6.07, 6.45) is 9.13. The maximum absolute atomic E-state index is 12.9. The van der Waals surface area contributed by atoms with Crippen LogP contribution in [-0.4, -0.2) is 37.1 Å². The molecule has 176 valence electrons. The van der Waals surface area contributed by atoms with E-state index in [1.807, 2.05) is 36.0 Å². The molecule has 0 radical (unpaired) electrons. The summed E-state index contributed by atoms with van der Waals surface area (Å²) in [5, 5.41) is 10.3. The Bertz CT molecular complexity index is 1430. The van der Waals surface area contributed by atoms with Crippen LogP contribution in [0, 0.1) is 0 Å². The van der Waals surface area contributed by atoms with Gasteiger partial charge in [-0.1, -0.05) is 12.8 Å². The topological polar surface area (TPSA) is 108 Å². The standard InChI is InChI=1S/C24H27N7O3/c1-29-14-16(12-26-29)15-8-17(10-18(9-15)28-23(32)34-3)27-22-11-20-21(13-25-22)30(2)24(33)31(20)19-6-4-5-7-19/h8-14,19H,4-7H2,1-3H3,(H,25,27)(H,28,32). The average Bonchev–Trinajstić information content (AvgIpc) is 3.55. The number of nitrogens with zero attached hydrogens (tertiary/aromatic N) is 5. The van der Waals surface area contributed by atoms with E-state index < -0.39 is 6.09 Å². The minimum atomic E-state index is -0.557. The molecule has 1 amide bonds. The maximum Gasteiger partial charge on any atom is 0.411 e. The average molecular weight is 462 g/mol. The molecule has 1 fully saturated rings. The summed E-state index contributed by atoms with van der Waals surface area (Å²) in [5.74, 6) is 0.609. The van der Waals surface area contributed by atoms with Crippen LogP contribution in [0.15, 0.2) is 47.7 Å². The lowest BCUT2D eigenvalue weighted by Gasteiger charge is -2.13. The van der Waals surface area contributed by atoms with Crippen molar-refractivity contribution in [3.05, 3.63) is 53.3 Å². The smallest absolute Gasteiger partial charge is 0.411 e. The number of carbonyl (C=O) groups is 1. The molecule has 3 aromatic heterocycles. The van der Waals surface area contributed by atoms with Gasteiger partial charge in [0, 0.05) is 49.3 Å². The number of amides is 1. The molecule has 4 aromatic rings. The number of methoxy groups -OCH3 is 1. The summed E-state index contributed by atoms with van der Waals surface area (Å²) in [4.78, 5) is 29.3. The first-order valence-corrected chi connectivity index (χ1v) is 11.3. The monoisotopic (exact) mass is 461 g/mol. The number of rotatable bonds is 5. The summed E-state index contributed by atoms with van der Waals surface area (Å²) in [5.41, 5.74) is 4.73. The number of aromatic nitrogens is 5. The van der Waals surface area contributed by atoms with Crippen molar-refractivity contribution in [3.8, 4) is 11.1 Å². The Morgan fingerprint density at radius 2 is 1.79 bits per heavy atom. The first kappa shape index (κ1) is 21.7. The molecular formula is C24H27N7O3. The van der Waals surface area contributed by atoms with E-state index in [2.05, 4.69) is 20.7 Å². The molecule has 5 rings (SSSR count). The molecule has 1 aliphatic rings. The fourth-order valence-electron chi connectivity index (χ4n) is 4.67. The second-order valence-electron chi connectivity index (χ2n) is 8.65. The van der Waals surface area contributed by atoms with Gasteiger partial charge in [0.2, 0.25) is 0 Å². The highest BCUT2D eigenvalue weighted by Gasteiger charge is 2.23. The summed E-state index contributed by atoms with van der Waals surface area (Å²) >= 11 is 0. The summed E-state index contributed by atoms with van der Waals surface area (Å²) in [6, 6.07) is 7.75. The number of aryl methyl sites for hydroxylation is 2. The fraction of sp³-hybridized carbons (Fsp3) is 0.333. The minimum Gasteiger partial charge on any atom is -0.453 e. The van der Waals surface area contributed by atoms with E-state index in [-0.39, 0.29) is 11.7 Å². The van der Waals surface area contributed by atoms with Gasteiger partial charge in [-0.3, -0.25) is 19.1 Å². The normalized spacial score (nSPS) is 14.0. The summed E-state index contributed by atoms with van der Waals surface area (Å²) in [7, 11) is 4.96. The molecular weight excluding hydrogens is 434 g/mol. The van der Waals surface area contributed by atoms with Crippen molar-refractivity contribution in [1.82, 2.24) is 23.9 Å². The van der Waals surface area contributed by atoms with Crippen LogP contribution in [0.25, 0.3) is 22.2 Å². The number of benzene rings is 1. The molecule has 1 saturated carbocycles. The number of carbonyl (C=O) groups excluding carboxylic acids is 1. The predicted octanol–water partition coefficient (Wildman–Crippen LogP) is 4.17. The first-order valence-electron chi connectivity index (χ1n) is 11.3. The molecule has 3 heterocycles. The van der Waals surface area contributed by atoms with Crippen molar-refractivity contribution >= 4 is 34.3 Å². The number of hydrogen-bond acceptors (Lipinski definition) is 6. The molecule has 10 heteroatoms. The SMILES string of the molecule is COC(=O)Nc1cc(Nc2cc3c(cn2)n(C)c(=O)n3C2CCCC2)cc(-c2cnn(C)c2)c1. The zero-order valence-electron chi connectivity index (χ0n) is 19.4. The van der Waals surface area contributed by atoms with Gasteiger partial charge in [0.1, 0.15) is 5.82 Å². The van der Waals surface area contributed by atoms with Crippen LogP contribution in [0.2, 0.25) is 0 Å². The van der Waals surface area contributed by atoms with Crippen LogP contribution in [0.3, 0.4) is 0 Å². The van der Waals surface area contributed by atoms with Gasteiger partial charge in [-0.2, -0.15) is 5.10 Å². The van der Waals surface area contributed by atoms with Gasteiger partial charge in [0.05, 0.1) is 30.5 Å². The van der Waals surface area contributed by atoms with E-state index in [0.29, 0.717) is 11.5 Å². The van der Waals surface area contributed by atoms with Gasteiger partial charge in [-0.15, -0.1) is 0 Å². The number of pyridine rings is 1. The summed E-state index contributed by atoms with van der Waals surface area (Å²) in [6.45, 7) is 0. The highest BCUT2D eigenvalue weighted by molar-refractivity contribution is 5.88. The number of fused-ring (bicyclic) bond motifs is 1. The van der Waals surface area contributed by atoms with Gasteiger partial charge < -0.3 is 10.1 Å². The molecule has 34 heavy (non-hydrogen) atoms. The fourth-order valence-corrected chi connectivity index (χ4v) is 4.67. The number of anilines is 3. The van der Waals surface area contributed by atoms with Crippen molar-refractivity contribution in [1.29, 1.82) is 0 Å². The lowest BCUT2D eigenvalue weighted by molar-refractivity contribution is 0.187. The third kappa shape index (κ3) is 4.02. The number of imidazole rings is 1. The third-order valence-corrected chi connectivity index (χ3v) is 6.34. The highest BCUT2D eigenvalue weighted by atomic mass is 16.5. The molecule has 0 aliphatic heterocycles. The van der Waals surface area contributed by atoms with Crippen LogP contribution >= 0.6 is 0 Å². The van der Waals surface area contributed by atoms with Gasteiger partial charge in [0.25, 0.3) is 0 Å². The third-order valence-electron chi connectivity index (χ3n) is 6.34. The molecule has 0 saturated heterocycles. The van der Waals surface area contributed by atoms with Crippen molar-refractivity contribution in [2.24, 2.45) is 14.1 Å². The number of hydrogen-bond donors (Lipinski definition) is 2. The Hall–Kier alpha value is -4.08. The molecule has 1 aromatic carbocycles. The van der Waals surface area contributed by atoms with E-state index in [4.69, 9.17) is 4.74 Å². The van der Waals surface area contributed by atoms with Crippen LogP contribution in [0.5, 0.6) is 0 Å². The molecule has 2 N–H and O–H groups in total. The molecule has 0 spiro atoms. The molecule has 0 unspecified atom stereocenters. The van der Waals surface area contributed by atoms with Crippen LogP contribution in [0.4, 0.5) is 22.0 Å². The van der Waals surface area contributed by atoms with Crippen LogP contribution in [0.1, 0.15) is 31.7 Å². The van der Waals surface area contributed by atoms with Crippen molar-refractivity contribution in [3.63, 3.8) is 0 Å². The Kier molecular flexibility index (Phi) is 5.56. The maximum atomic E-state index is 12.9. The Balaban J connectivity index is 1.54. The Morgan fingerprint density at radius 1 is 1.03 bits per heavy atom. The predicted molar refractivity (Wildman–Crippen MR) is 130 cm³/mol. The van der Waals surface area contributed by atoms with Crippen molar-refractivity contribution in [2.45, 2.75) is 31.7 Å². The van der Waals surface area contributed by atoms with E-state index in [1.54, 1.807) is 34.8 Å². The second-order valence-corrected chi connectivity index (χ2v) is 8.65. The quantitative estimate of drug-likeness (QED) is 0.462. The van der Waals surface area contributed by atoms with Gasteiger partial charge in [-0.25, -0.2) is 14.6 Å². The number of nitrogens with one attached hydrogen (secondary N) is 2. The molecule has 0 atom stereocenters. The molecule has 0 bridgehead atoms. The van der Waals surface area contributed by atoms with Crippen molar-refractivity contribution in [2.75, 3.05) is 17.7 Å². The largest absolute Gasteiger partial charge is 0.453 e. The summed E-state index contributed by atoms with van der Waals surface area (Å²) < 4.78 is 10.0. The first-order chi connectivity index (χ1) is 16.4. The minimum absolute atomic E-state index is 0.0102. The number of ether oxygens (including phenoxy) is 1. The lowest BCUT2D eigenvalue weighted by Crippen LogP contribution is -2.24. The molecule has 10 nitrogen and oxygen atoms in total. The Morgan fingerprint density at radius 3 is 2.50 bits per heavy atom. The Labute approximate surface area is 196 Å². The van der Waals surface area contributed by atoms with Gasteiger partial charge in [-0.05, 0) is 36.6 Å². The second kappa shape index (κ2) is 8.69. The molecule has 1 aliphatic carbocycles. The van der Waals surface area contributed by atoms with E-state index in [1.165, 1.54) is 7.11 Å². The zero-order valence-corrected chi connectivity index (χ0v) is 19.4. The van der Waals surface area contributed by atoms with Crippen LogP contribution < -0.4 is 16.3 Å². The van der Waals surface area contributed by atoms with E-state index in [9.17, 15) is 9.59 Å². The van der Waals surface area contributed by atoms with E-state index >= 15 is 0 Å².